The van der Waals surface area contributed by atoms with Gasteiger partial charge in [-0.3, -0.25) is 0 Å². The van der Waals surface area contributed by atoms with Crippen molar-refractivity contribution in [3.05, 3.63) is 10.6 Å². The zero-order valence-corrected chi connectivity index (χ0v) is 7.65. The Kier molecular flexibility index (Phi) is 1.94. The van der Waals surface area contributed by atoms with Crippen LogP contribution in [-0.4, -0.2) is 32.6 Å². The molecule has 0 aliphatic carbocycles. The van der Waals surface area contributed by atoms with E-state index in [2.05, 4.69) is 4.99 Å². The summed E-state index contributed by atoms with van der Waals surface area (Å²) in [6.45, 7) is 0. The van der Waals surface area contributed by atoms with Gasteiger partial charge in [0.15, 0.2) is 4.36 Å². The first kappa shape index (κ1) is 8.55. The van der Waals surface area contributed by atoms with Crippen molar-refractivity contribution in [2.24, 2.45) is 4.99 Å². The van der Waals surface area contributed by atoms with Gasteiger partial charge in [0.05, 0.1) is 6.20 Å². The molecule has 1 heterocycles. The molecule has 0 radical (unpaired) electrons. The van der Waals surface area contributed by atoms with Gasteiger partial charge in [0.2, 0.25) is 5.17 Å². The van der Waals surface area contributed by atoms with Crippen molar-refractivity contribution in [1.29, 1.82) is 0 Å². The third-order valence-corrected chi connectivity index (χ3v) is 3.43. The van der Waals surface area contributed by atoms with E-state index in [1.807, 2.05) is 0 Å². The molecule has 0 bridgehead atoms. The molecular weight excluding hydrogens is 188 g/mol. The van der Waals surface area contributed by atoms with Crippen LogP contribution in [0.1, 0.15) is 0 Å². The van der Waals surface area contributed by atoms with Crippen LogP contribution in [0.25, 0.3) is 0 Å². The molecule has 1 aliphatic heterocycles. The summed E-state index contributed by atoms with van der Waals surface area (Å²) in [5.74, 6) is 0. The fraction of sp³-hybridized carbons (Fsp3) is 0.400. The second-order valence-electron chi connectivity index (χ2n) is 2.24. The van der Waals surface area contributed by atoms with Gasteiger partial charge in [-0.05, 0) is 0 Å². The van der Waals surface area contributed by atoms with Gasteiger partial charge < -0.3 is 4.90 Å². The number of aliphatic imine (C=N–C) groups is 1. The number of hydrogen-bond acceptors (Lipinski definition) is 4. The average molecular weight is 195 g/mol. The first-order valence-corrected chi connectivity index (χ1v) is 4.68. The number of amidine groups is 1. The molecule has 0 spiro atoms. The highest BCUT2D eigenvalue weighted by molar-refractivity contribution is 8.11. The summed E-state index contributed by atoms with van der Waals surface area (Å²) < 4.78 is 22.1. The fourth-order valence-corrected chi connectivity index (χ4v) is 1.98. The standard InChI is InChI=1S/C5H7ClN2O2S/c1-8(2)5-7-3-4(6)11(5,9)10/h3H,1-2H3. The van der Waals surface area contributed by atoms with Gasteiger partial charge in [-0.15, -0.1) is 0 Å². The van der Waals surface area contributed by atoms with Gasteiger partial charge in [-0.25, -0.2) is 13.4 Å². The molecule has 0 amide bonds. The number of sulfone groups is 1. The molecule has 0 saturated carbocycles. The Balaban J connectivity index is 3.13. The lowest BCUT2D eigenvalue weighted by Gasteiger charge is -2.10. The van der Waals surface area contributed by atoms with Gasteiger partial charge >= 0.3 is 0 Å². The molecule has 1 rings (SSSR count). The van der Waals surface area contributed by atoms with E-state index in [-0.39, 0.29) is 9.53 Å². The molecule has 0 aromatic heterocycles. The molecule has 0 aromatic carbocycles. The number of nitrogens with zero attached hydrogens (tertiary/aromatic N) is 2. The number of halogens is 1. The van der Waals surface area contributed by atoms with E-state index in [4.69, 9.17) is 11.6 Å². The smallest absolute Gasteiger partial charge is 0.251 e. The van der Waals surface area contributed by atoms with Crippen LogP contribution in [0.15, 0.2) is 15.6 Å². The minimum Gasteiger partial charge on any atom is -0.353 e. The molecule has 1 aliphatic rings. The molecule has 0 N–H and O–H groups in total. The third kappa shape index (κ3) is 1.25. The van der Waals surface area contributed by atoms with Crippen molar-refractivity contribution in [2.75, 3.05) is 14.1 Å². The van der Waals surface area contributed by atoms with E-state index in [0.717, 1.165) is 6.20 Å². The Morgan fingerprint density at radius 1 is 1.55 bits per heavy atom. The molecule has 0 unspecified atom stereocenters. The van der Waals surface area contributed by atoms with Crippen LogP contribution in [0.3, 0.4) is 0 Å². The van der Waals surface area contributed by atoms with Crippen molar-refractivity contribution >= 4 is 26.6 Å². The predicted octanol–water partition coefficient (Wildman–Crippen LogP) is 0.370. The number of rotatable bonds is 0. The summed E-state index contributed by atoms with van der Waals surface area (Å²) in [6.07, 6.45) is 1.13. The summed E-state index contributed by atoms with van der Waals surface area (Å²) in [7, 11) is -0.269. The molecule has 0 atom stereocenters. The van der Waals surface area contributed by atoms with Crippen LogP contribution >= 0.6 is 11.6 Å². The summed E-state index contributed by atoms with van der Waals surface area (Å²) in [5, 5.41) is -0.0116. The average Bonchev–Trinajstić information content (AvgIpc) is 2.08. The lowest BCUT2D eigenvalue weighted by atomic mass is 10.9. The lowest BCUT2D eigenvalue weighted by Crippen LogP contribution is -2.27. The van der Waals surface area contributed by atoms with Crippen molar-refractivity contribution in [3.8, 4) is 0 Å². The molecule has 0 saturated heterocycles. The third-order valence-electron chi connectivity index (χ3n) is 1.16. The molecular formula is C5H7ClN2O2S. The largest absolute Gasteiger partial charge is 0.353 e. The second kappa shape index (κ2) is 2.49. The molecule has 11 heavy (non-hydrogen) atoms. The summed E-state index contributed by atoms with van der Waals surface area (Å²) in [5.41, 5.74) is 0. The van der Waals surface area contributed by atoms with Gasteiger partial charge in [-0.2, -0.15) is 0 Å². The molecule has 4 nitrogen and oxygen atoms in total. The SMILES string of the molecule is CN(C)C1=NC=C(Cl)S1(=O)=O. The van der Waals surface area contributed by atoms with Crippen LogP contribution in [0, 0.1) is 0 Å². The van der Waals surface area contributed by atoms with Crippen LogP contribution in [0.4, 0.5) is 0 Å². The molecule has 0 fully saturated rings. The summed E-state index contributed by atoms with van der Waals surface area (Å²) in [6, 6.07) is 0. The highest BCUT2D eigenvalue weighted by Gasteiger charge is 2.29. The second-order valence-corrected chi connectivity index (χ2v) is 4.69. The minimum absolute atomic E-state index is 0.0116. The summed E-state index contributed by atoms with van der Waals surface area (Å²) >= 11 is 5.37. The van der Waals surface area contributed by atoms with Gasteiger partial charge in [0.25, 0.3) is 9.84 Å². The van der Waals surface area contributed by atoms with Gasteiger partial charge in [-0.1, -0.05) is 11.6 Å². The lowest BCUT2D eigenvalue weighted by molar-refractivity contribution is 0.594. The Labute approximate surface area is 70.1 Å². The molecule has 62 valence electrons. The van der Waals surface area contributed by atoms with Crippen molar-refractivity contribution in [2.45, 2.75) is 0 Å². The predicted molar refractivity (Wildman–Crippen MR) is 44.0 cm³/mol. The maximum absolute atomic E-state index is 11.2. The maximum Gasteiger partial charge on any atom is 0.251 e. The highest BCUT2D eigenvalue weighted by Crippen LogP contribution is 2.21. The van der Waals surface area contributed by atoms with E-state index in [9.17, 15) is 8.42 Å². The van der Waals surface area contributed by atoms with E-state index < -0.39 is 9.84 Å². The Hall–Kier alpha value is -0.550. The fourth-order valence-electron chi connectivity index (χ4n) is 0.688. The van der Waals surface area contributed by atoms with E-state index in [1.165, 1.54) is 4.90 Å². The zero-order chi connectivity index (χ0) is 8.65. The Morgan fingerprint density at radius 3 is 2.27 bits per heavy atom. The Bertz CT molecular complexity index is 328. The first-order chi connectivity index (χ1) is 4.96. The van der Waals surface area contributed by atoms with Crippen LogP contribution in [0.5, 0.6) is 0 Å². The van der Waals surface area contributed by atoms with Crippen LogP contribution in [-0.2, 0) is 9.84 Å². The van der Waals surface area contributed by atoms with Gasteiger partial charge in [0, 0.05) is 14.1 Å². The van der Waals surface area contributed by atoms with E-state index in [1.54, 1.807) is 14.1 Å². The van der Waals surface area contributed by atoms with Crippen molar-refractivity contribution < 1.29 is 8.42 Å². The number of hydrogen-bond donors (Lipinski definition) is 0. The van der Waals surface area contributed by atoms with Crippen molar-refractivity contribution in [1.82, 2.24) is 4.90 Å². The topological polar surface area (TPSA) is 49.7 Å². The maximum atomic E-state index is 11.2. The van der Waals surface area contributed by atoms with E-state index in [0.29, 0.717) is 0 Å². The normalized spacial score (nSPS) is 21.0. The van der Waals surface area contributed by atoms with Crippen molar-refractivity contribution in [3.63, 3.8) is 0 Å². The van der Waals surface area contributed by atoms with Crippen LogP contribution in [0.2, 0.25) is 0 Å². The van der Waals surface area contributed by atoms with Crippen LogP contribution < -0.4 is 0 Å². The highest BCUT2D eigenvalue weighted by atomic mass is 35.5. The zero-order valence-electron chi connectivity index (χ0n) is 6.07. The minimum atomic E-state index is -3.46. The first-order valence-electron chi connectivity index (χ1n) is 2.82. The molecule has 0 aromatic rings. The summed E-state index contributed by atoms with van der Waals surface area (Å²) in [4.78, 5) is 5.03. The molecule has 6 heteroatoms. The Morgan fingerprint density at radius 2 is 2.09 bits per heavy atom. The monoisotopic (exact) mass is 194 g/mol. The van der Waals surface area contributed by atoms with E-state index >= 15 is 0 Å². The van der Waals surface area contributed by atoms with Gasteiger partial charge in [0.1, 0.15) is 0 Å². The quantitative estimate of drug-likeness (QED) is 0.560.